The molecule has 0 bridgehead atoms. The Labute approximate surface area is 156 Å². The molecule has 1 aliphatic carbocycles. The number of hydrogen-bond acceptors (Lipinski definition) is 5. The number of rotatable bonds is 4. The molecule has 0 saturated carbocycles. The van der Waals surface area contributed by atoms with Gasteiger partial charge in [0.1, 0.15) is 0 Å². The van der Waals surface area contributed by atoms with E-state index in [1.807, 2.05) is 24.3 Å². The Morgan fingerprint density at radius 2 is 1.77 bits per heavy atom. The number of benzene rings is 2. The van der Waals surface area contributed by atoms with Crippen LogP contribution in [0.4, 0.5) is 5.13 Å². The zero-order valence-electron chi connectivity index (χ0n) is 14.8. The number of carbonyl (C=O) groups excluding carboxylic acids is 1. The van der Waals surface area contributed by atoms with Gasteiger partial charge < -0.3 is 9.47 Å². The minimum atomic E-state index is -0.128. The monoisotopic (exact) mass is 368 g/mol. The molecule has 4 rings (SSSR count). The maximum absolute atomic E-state index is 12.6. The number of thiazole rings is 1. The van der Waals surface area contributed by atoms with E-state index in [4.69, 9.17) is 9.47 Å². The second-order valence-electron chi connectivity index (χ2n) is 6.34. The number of methoxy groups -OCH3 is 2. The minimum Gasteiger partial charge on any atom is -0.493 e. The molecule has 0 aliphatic heterocycles. The molecule has 26 heavy (non-hydrogen) atoms. The van der Waals surface area contributed by atoms with Crippen LogP contribution in [-0.4, -0.2) is 25.1 Å². The highest BCUT2D eigenvalue weighted by atomic mass is 32.1. The lowest BCUT2D eigenvalue weighted by Gasteiger charge is -2.16. The Balaban J connectivity index is 1.59. The Morgan fingerprint density at radius 1 is 1.04 bits per heavy atom. The summed E-state index contributed by atoms with van der Waals surface area (Å²) in [5.41, 5.74) is 4.11. The average Bonchev–Trinajstić information content (AvgIpc) is 3.07. The van der Waals surface area contributed by atoms with Crippen molar-refractivity contribution in [2.45, 2.75) is 25.7 Å². The topological polar surface area (TPSA) is 60.5 Å². The van der Waals surface area contributed by atoms with Crippen LogP contribution in [0, 0.1) is 0 Å². The molecule has 0 radical (unpaired) electrons. The van der Waals surface area contributed by atoms with Crippen LogP contribution in [0.15, 0.2) is 30.3 Å². The molecule has 0 spiro atoms. The molecular formula is C20H20N2O3S. The zero-order chi connectivity index (χ0) is 18.1. The molecule has 0 atom stereocenters. The number of fused-ring (bicyclic) bond motifs is 2. The zero-order valence-corrected chi connectivity index (χ0v) is 15.6. The maximum Gasteiger partial charge on any atom is 0.257 e. The highest BCUT2D eigenvalue weighted by molar-refractivity contribution is 7.22. The first kappa shape index (κ1) is 16.8. The predicted octanol–water partition coefficient (Wildman–Crippen LogP) is 4.44. The number of anilines is 1. The molecule has 1 amide bonds. The molecule has 1 heterocycles. The summed E-state index contributed by atoms with van der Waals surface area (Å²) in [6.07, 6.45) is 4.59. The van der Waals surface area contributed by atoms with E-state index >= 15 is 0 Å². The Hall–Kier alpha value is -2.60. The lowest BCUT2D eigenvalue weighted by molar-refractivity contribution is 0.102. The predicted molar refractivity (Wildman–Crippen MR) is 104 cm³/mol. The van der Waals surface area contributed by atoms with Crippen LogP contribution in [0.25, 0.3) is 10.2 Å². The molecule has 1 aliphatic rings. The lowest BCUT2D eigenvalue weighted by atomic mass is 9.90. The number of nitrogens with one attached hydrogen (secondary N) is 1. The van der Waals surface area contributed by atoms with E-state index in [0.29, 0.717) is 22.2 Å². The molecule has 3 aromatic rings. The largest absolute Gasteiger partial charge is 0.493 e. The van der Waals surface area contributed by atoms with E-state index < -0.39 is 0 Å². The van der Waals surface area contributed by atoms with Crippen molar-refractivity contribution in [2.75, 3.05) is 19.5 Å². The highest BCUT2D eigenvalue weighted by Crippen LogP contribution is 2.36. The van der Waals surface area contributed by atoms with E-state index in [0.717, 1.165) is 23.1 Å². The van der Waals surface area contributed by atoms with Crippen LogP contribution >= 0.6 is 11.3 Å². The summed E-state index contributed by atoms with van der Waals surface area (Å²) in [4.78, 5) is 17.1. The number of carbonyl (C=O) groups is 1. The number of ether oxygens (including phenoxy) is 2. The standard InChI is InChI=1S/C20H20N2O3S/c1-24-16-10-15-18(11-17(16)25-2)26-20(21-15)22-19(23)14-8-7-12-5-3-4-6-13(12)9-14/h7-11H,3-6H2,1-2H3,(H,21,22,23). The third-order valence-electron chi connectivity index (χ3n) is 4.72. The Kier molecular flexibility index (Phi) is 4.51. The van der Waals surface area contributed by atoms with E-state index in [1.165, 1.54) is 35.3 Å². The normalized spacial score (nSPS) is 13.3. The van der Waals surface area contributed by atoms with Crippen molar-refractivity contribution in [1.29, 1.82) is 0 Å². The SMILES string of the molecule is COc1cc2nc(NC(=O)c3ccc4c(c3)CCCC4)sc2cc1OC. The van der Waals surface area contributed by atoms with Gasteiger partial charge in [0.25, 0.3) is 5.91 Å². The summed E-state index contributed by atoms with van der Waals surface area (Å²) in [6.45, 7) is 0. The summed E-state index contributed by atoms with van der Waals surface area (Å²) in [5.74, 6) is 1.14. The molecule has 134 valence electrons. The number of hydrogen-bond donors (Lipinski definition) is 1. The van der Waals surface area contributed by atoms with E-state index in [9.17, 15) is 4.79 Å². The first-order valence-electron chi connectivity index (χ1n) is 8.63. The van der Waals surface area contributed by atoms with Crippen molar-refractivity contribution in [3.8, 4) is 11.5 Å². The second kappa shape index (κ2) is 6.96. The van der Waals surface area contributed by atoms with Gasteiger partial charge >= 0.3 is 0 Å². The Morgan fingerprint density at radius 3 is 2.54 bits per heavy atom. The van der Waals surface area contributed by atoms with Gasteiger partial charge in [-0.15, -0.1) is 0 Å². The van der Waals surface area contributed by atoms with Crippen LogP contribution in [0.2, 0.25) is 0 Å². The van der Waals surface area contributed by atoms with Crippen molar-refractivity contribution in [1.82, 2.24) is 4.98 Å². The summed E-state index contributed by atoms with van der Waals surface area (Å²) in [6, 6.07) is 9.69. The van der Waals surface area contributed by atoms with Crippen molar-refractivity contribution in [3.05, 3.63) is 47.0 Å². The van der Waals surface area contributed by atoms with Gasteiger partial charge in [0.15, 0.2) is 16.6 Å². The van der Waals surface area contributed by atoms with Gasteiger partial charge in [-0.05, 0) is 48.9 Å². The number of aryl methyl sites for hydroxylation is 2. The summed E-state index contributed by atoms with van der Waals surface area (Å²) < 4.78 is 11.6. The minimum absolute atomic E-state index is 0.128. The fourth-order valence-electron chi connectivity index (χ4n) is 3.35. The van der Waals surface area contributed by atoms with E-state index in [2.05, 4.69) is 16.4 Å². The number of amides is 1. The van der Waals surface area contributed by atoms with Gasteiger partial charge in [0.2, 0.25) is 0 Å². The van der Waals surface area contributed by atoms with Crippen LogP contribution in [0.3, 0.4) is 0 Å². The van der Waals surface area contributed by atoms with Crippen LogP contribution in [0.5, 0.6) is 11.5 Å². The van der Waals surface area contributed by atoms with Crippen LogP contribution in [-0.2, 0) is 12.8 Å². The average molecular weight is 368 g/mol. The van der Waals surface area contributed by atoms with Crippen molar-refractivity contribution in [3.63, 3.8) is 0 Å². The number of nitrogens with zero attached hydrogens (tertiary/aromatic N) is 1. The Bertz CT molecular complexity index is 940. The van der Waals surface area contributed by atoms with Gasteiger partial charge in [-0.3, -0.25) is 10.1 Å². The first-order chi connectivity index (χ1) is 12.7. The smallest absolute Gasteiger partial charge is 0.257 e. The van der Waals surface area contributed by atoms with Gasteiger partial charge in [-0.1, -0.05) is 17.4 Å². The molecule has 0 unspecified atom stereocenters. The lowest BCUT2D eigenvalue weighted by Crippen LogP contribution is -2.13. The van der Waals surface area contributed by atoms with E-state index in [1.54, 1.807) is 14.2 Å². The molecule has 6 heteroatoms. The van der Waals surface area contributed by atoms with Crippen molar-refractivity contribution in [2.24, 2.45) is 0 Å². The van der Waals surface area contributed by atoms with Gasteiger partial charge in [0.05, 0.1) is 24.4 Å². The molecule has 1 aromatic heterocycles. The summed E-state index contributed by atoms with van der Waals surface area (Å²) >= 11 is 1.42. The summed E-state index contributed by atoms with van der Waals surface area (Å²) in [7, 11) is 3.19. The number of aromatic nitrogens is 1. The first-order valence-corrected chi connectivity index (χ1v) is 9.45. The van der Waals surface area contributed by atoms with Gasteiger partial charge in [0, 0.05) is 17.7 Å². The molecule has 0 saturated heterocycles. The fraction of sp³-hybridized carbons (Fsp3) is 0.300. The second-order valence-corrected chi connectivity index (χ2v) is 7.37. The van der Waals surface area contributed by atoms with Gasteiger partial charge in [-0.2, -0.15) is 0 Å². The molecule has 1 N–H and O–H groups in total. The highest BCUT2D eigenvalue weighted by Gasteiger charge is 2.15. The third kappa shape index (κ3) is 3.12. The van der Waals surface area contributed by atoms with Crippen molar-refractivity contribution < 1.29 is 14.3 Å². The van der Waals surface area contributed by atoms with Crippen molar-refractivity contribution >= 4 is 32.6 Å². The van der Waals surface area contributed by atoms with Gasteiger partial charge in [-0.25, -0.2) is 4.98 Å². The molecule has 0 fully saturated rings. The molecule has 2 aromatic carbocycles. The quantitative estimate of drug-likeness (QED) is 0.739. The van der Waals surface area contributed by atoms with Crippen LogP contribution < -0.4 is 14.8 Å². The molecular weight excluding hydrogens is 348 g/mol. The molecule has 5 nitrogen and oxygen atoms in total. The van der Waals surface area contributed by atoms with Crippen LogP contribution in [0.1, 0.15) is 34.3 Å². The van der Waals surface area contributed by atoms with E-state index in [-0.39, 0.29) is 5.91 Å². The summed E-state index contributed by atoms with van der Waals surface area (Å²) in [5, 5.41) is 3.48. The third-order valence-corrected chi connectivity index (χ3v) is 5.66. The fourth-order valence-corrected chi connectivity index (χ4v) is 4.22. The maximum atomic E-state index is 12.6.